The van der Waals surface area contributed by atoms with Gasteiger partial charge in [-0.2, -0.15) is 0 Å². The standard InChI is InChI=1S/2C3H9OP.Y/c2*1-3-5(2)4;/h2*5H,3H2,1-2H3;. The molecule has 0 aliphatic heterocycles. The van der Waals surface area contributed by atoms with Gasteiger partial charge in [0, 0.05) is 32.7 Å². The fourth-order valence-corrected chi connectivity index (χ4v) is 0. The molecule has 1 radical (unpaired) electrons. The van der Waals surface area contributed by atoms with E-state index in [4.69, 9.17) is 0 Å². The summed E-state index contributed by atoms with van der Waals surface area (Å²) in [5, 5.41) is 0. The van der Waals surface area contributed by atoms with Crippen molar-refractivity contribution in [3.05, 3.63) is 0 Å². The van der Waals surface area contributed by atoms with Crippen molar-refractivity contribution in [3.8, 4) is 0 Å². The molecule has 0 fully saturated rings. The minimum Gasteiger partial charge on any atom is -0.327 e. The van der Waals surface area contributed by atoms with Gasteiger partial charge in [0.15, 0.2) is 0 Å². The quantitative estimate of drug-likeness (QED) is 0.724. The first-order valence-corrected chi connectivity index (χ1v) is 7.76. The van der Waals surface area contributed by atoms with Gasteiger partial charge in [-0.05, 0) is 25.7 Å². The van der Waals surface area contributed by atoms with Crippen LogP contribution in [0.15, 0.2) is 0 Å². The monoisotopic (exact) mass is 273 g/mol. The molecule has 11 heavy (non-hydrogen) atoms. The van der Waals surface area contributed by atoms with Crippen LogP contribution in [0.5, 0.6) is 0 Å². The summed E-state index contributed by atoms with van der Waals surface area (Å²) in [6.45, 7) is 7.40. The van der Waals surface area contributed by atoms with Crippen LogP contribution in [-0.4, -0.2) is 25.7 Å². The SMILES string of the molecule is CC[PH](C)=O.CC[PH](C)=O.[Y]. The first kappa shape index (κ1) is 18.4. The van der Waals surface area contributed by atoms with E-state index in [0.29, 0.717) is 0 Å². The molecule has 2 nitrogen and oxygen atoms in total. The Balaban J connectivity index is -0.000000107. The zero-order chi connectivity index (χ0) is 8.57. The normalized spacial score (nSPS) is 13.5. The fourth-order valence-electron chi connectivity index (χ4n) is 0. The van der Waals surface area contributed by atoms with E-state index in [2.05, 4.69) is 0 Å². The molecular weight excluding hydrogens is 255 g/mol. The van der Waals surface area contributed by atoms with E-state index in [0.717, 1.165) is 12.3 Å². The second-order valence-corrected chi connectivity index (χ2v) is 6.33. The minimum absolute atomic E-state index is 0. The Labute approximate surface area is 96.4 Å². The average molecular weight is 273 g/mol. The van der Waals surface area contributed by atoms with Crippen molar-refractivity contribution in [3.63, 3.8) is 0 Å². The molecule has 0 heterocycles. The third-order valence-corrected chi connectivity index (χ3v) is 2.99. The van der Waals surface area contributed by atoms with Crippen LogP contribution in [0.1, 0.15) is 13.8 Å². The molecule has 67 valence electrons. The Hall–Kier alpha value is 1.56. The van der Waals surface area contributed by atoms with Crippen molar-refractivity contribution in [2.75, 3.05) is 25.7 Å². The molecule has 0 spiro atoms. The van der Waals surface area contributed by atoms with E-state index < -0.39 is 15.6 Å². The summed E-state index contributed by atoms with van der Waals surface area (Å²) in [4.78, 5) is 0. The molecule has 0 aliphatic rings. The molecule has 5 heteroatoms. The smallest absolute Gasteiger partial charge is 0.0730 e. The van der Waals surface area contributed by atoms with Crippen molar-refractivity contribution in [2.45, 2.75) is 13.8 Å². The molecule has 0 aliphatic carbocycles. The Bertz CT molecular complexity index is 103. The van der Waals surface area contributed by atoms with Crippen LogP contribution in [-0.2, 0) is 41.8 Å². The van der Waals surface area contributed by atoms with Crippen molar-refractivity contribution < 1.29 is 41.8 Å². The Morgan fingerprint density at radius 1 is 0.909 bits per heavy atom. The molecular formula is C6H18O2P2Y. The number of rotatable bonds is 2. The zero-order valence-electron chi connectivity index (χ0n) is 7.81. The van der Waals surface area contributed by atoms with Gasteiger partial charge >= 0.3 is 0 Å². The van der Waals surface area contributed by atoms with Crippen molar-refractivity contribution in [1.82, 2.24) is 0 Å². The first-order valence-electron chi connectivity index (χ1n) is 3.53. The fraction of sp³-hybridized carbons (Fsp3) is 1.00. The van der Waals surface area contributed by atoms with Gasteiger partial charge in [-0.25, -0.2) is 0 Å². The third kappa shape index (κ3) is 34.2. The van der Waals surface area contributed by atoms with Crippen LogP contribution in [0.3, 0.4) is 0 Å². The maximum atomic E-state index is 10.00. The van der Waals surface area contributed by atoms with E-state index in [1.54, 1.807) is 13.3 Å². The predicted octanol–water partition coefficient (Wildman–Crippen LogP) is 2.39. The number of hydrogen-bond acceptors (Lipinski definition) is 2. The van der Waals surface area contributed by atoms with E-state index in [9.17, 15) is 9.13 Å². The summed E-state index contributed by atoms with van der Waals surface area (Å²) in [5.74, 6) is 0. The number of hydrogen-bond donors (Lipinski definition) is 0. The van der Waals surface area contributed by atoms with Gasteiger partial charge in [-0.1, -0.05) is 13.8 Å². The van der Waals surface area contributed by atoms with Gasteiger partial charge in [0.25, 0.3) is 0 Å². The molecule has 0 bridgehead atoms. The van der Waals surface area contributed by atoms with Crippen LogP contribution < -0.4 is 0 Å². The van der Waals surface area contributed by atoms with Gasteiger partial charge in [0.05, 0.1) is 15.6 Å². The third-order valence-electron chi connectivity index (χ3n) is 0.996. The second-order valence-electron chi connectivity index (χ2n) is 2.11. The maximum Gasteiger partial charge on any atom is 0.0730 e. The van der Waals surface area contributed by atoms with Crippen LogP contribution in [0.25, 0.3) is 0 Å². The maximum absolute atomic E-state index is 10.00. The Morgan fingerprint density at radius 2 is 1.00 bits per heavy atom. The van der Waals surface area contributed by atoms with Crippen molar-refractivity contribution in [1.29, 1.82) is 0 Å². The van der Waals surface area contributed by atoms with Gasteiger partial charge < -0.3 is 9.13 Å². The molecule has 0 saturated heterocycles. The summed E-state index contributed by atoms with van der Waals surface area (Å²) in [6, 6.07) is 0. The molecule has 0 N–H and O–H groups in total. The molecule has 0 rings (SSSR count). The van der Waals surface area contributed by atoms with Gasteiger partial charge in [-0.3, -0.25) is 0 Å². The molecule has 0 aromatic carbocycles. The van der Waals surface area contributed by atoms with E-state index in [1.165, 1.54) is 0 Å². The van der Waals surface area contributed by atoms with Crippen LogP contribution >= 0.6 is 15.6 Å². The summed E-state index contributed by atoms with van der Waals surface area (Å²) in [7, 11) is -2.25. The minimum atomic E-state index is -1.12. The molecule has 0 amide bonds. The van der Waals surface area contributed by atoms with Crippen LogP contribution in [0.4, 0.5) is 0 Å². The molecule has 2 unspecified atom stereocenters. The van der Waals surface area contributed by atoms with Gasteiger partial charge in [-0.15, -0.1) is 0 Å². The summed E-state index contributed by atoms with van der Waals surface area (Å²) in [6.07, 6.45) is 1.70. The van der Waals surface area contributed by atoms with E-state index in [-0.39, 0.29) is 32.7 Å². The van der Waals surface area contributed by atoms with Gasteiger partial charge in [0.2, 0.25) is 0 Å². The summed E-state index contributed by atoms with van der Waals surface area (Å²) in [5.41, 5.74) is 0. The average Bonchev–Trinajstić information content (AvgIpc) is 1.89. The van der Waals surface area contributed by atoms with Gasteiger partial charge in [0.1, 0.15) is 0 Å². The predicted molar refractivity (Wildman–Crippen MR) is 50.9 cm³/mol. The molecule has 0 aromatic heterocycles. The molecule has 2 atom stereocenters. The van der Waals surface area contributed by atoms with Crippen molar-refractivity contribution in [2.24, 2.45) is 0 Å². The van der Waals surface area contributed by atoms with E-state index in [1.807, 2.05) is 13.8 Å². The van der Waals surface area contributed by atoms with E-state index >= 15 is 0 Å². The zero-order valence-corrected chi connectivity index (χ0v) is 12.6. The topological polar surface area (TPSA) is 34.1 Å². The van der Waals surface area contributed by atoms with Crippen LogP contribution in [0.2, 0.25) is 0 Å². The van der Waals surface area contributed by atoms with Crippen molar-refractivity contribution >= 4 is 15.6 Å². The second kappa shape index (κ2) is 14.1. The molecule has 0 saturated carbocycles. The first-order chi connectivity index (χ1) is 4.54. The van der Waals surface area contributed by atoms with Crippen LogP contribution in [0, 0.1) is 0 Å². The Kier molecular flexibility index (Phi) is 23.6. The molecule has 0 aromatic rings. The summed E-state index contributed by atoms with van der Waals surface area (Å²) < 4.78 is 20.0. The summed E-state index contributed by atoms with van der Waals surface area (Å²) >= 11 is 0. The Morgan fingerprint density at radius 3 is 1.00 bits per heavy atom. The largest absolute Gasteiger partial charge is 0.327 e.